The molecular formula is C26H22N4O2S. The summed E-state index contributed by atoms with van der Waals surface area (Å²) in [5.74, 6) is -0.673. The molecule has 3 aromatic carbocycles. The van der Waals surface area contributed by atoms with E-state index in [1.54, 1.807) is 6.07 Å². The monoisotopic (exact) mass is 454 g/mol. The molecule has 0 saturated heterocycles. The molecule has 33 heavy (non-hydrogen) atoms. The number of carbonyl (C=O) groups excluding carboxylic acids is 2. The summed E-state index contributed by atoms with van der Waals surface area (Å²) in [7, 11) is 0. The fourth-order valence-corrected chi connectivity index (χ4v) is 4.40. The van der Waals surface area contributed by atoms with Crippen molar-refractivity contribution in [2.45, 2.75) is 12.6 Å². The Morgan fingerprint density at radius 2 is 1.82 bits per heavy atom. The van der Waals surface area contributed by atoms with Crippen molar-refractivity contribution in [2.24, 2.45) is 5.73 Å². The summed E-state index contributed by atoms with van der Waals surface area (Å²) in [6.45, 7) is 0.670. The second-order valence-corrected chi connectivity index (χ2v) is 8.54. The van der Waals surface area contributed by atoms with Crippen LogP contribution in [0.4, 0.5) is 0 Å². The van der Waals surface area contributed by atoms with Gasteiger partial charge in [-0.25, -0.2) is 0 Å². The molecule has 1 aromatic heterocycles. The van der Waals surface area contributed by atoms with Gasteiger partial charge in [0.2, 0.25) is 5.91 Å². The van der Waals surface area contributed by atoms with Crippen LogP contribution >= 0.6 is 11.3 Å². The third-order valence-corrected chi connectivity index (χ3v) is 6.18. The molecule has 7 heteroatoms. The van der Waals surface area contributed by atoms with Gasteiger partial charge in [0.25, 0.3) is 5.91 Å². The summed E-state index contributed by atoms with van der Waals surface area (Å²) in [4.78, 5) is 24.7. The van der Waals surface area contributed by atoms with E-state index in [0.717, 1.165) is 32.3 Å². The van der Waals surface area contributed by atoms with Gasteiger partial charge < -0.3 is 16.4 Å². The van der Waals surface area contributed by atoms with E-state index < -0.39 is 11.9 Å². The number of fused-ring (bicyclic) bond motifs is 1. The third-order valence-electron chi connectivity index (χ3n) is 5.25. The predicted octanol–water partition coefficient (Wildman–Crippen LogP) is 4.14. The van der Waals surface area contributed by atoms with Crippen molar-refractivity contribution in [3.63, 3.8) is 0 Å². The van der Waals surface area contributed by atoms with Gasteiger partial charge in [0, 0.05) is 17.0 Å². The van der Waals surface area contributed by atoms with Gasteiger partial charge >= 0.3 is 0 Å². The molecule has 0 bridgehead atoms. The van der Waals surface area contributed by atoms with Crippen LogP contribution in [0.15, 0.2) is 78.2 Å². The molecule has 1 unspecified atom stereocenters. The van der Waals surface area contributed by atoms with Crippen LogP contribution in [0.2, 0.25) is 0 Å². The van der Waals surface area contributed by atoms with Gasteiger partial charge in [0.05, 0.1) is 12.6 Å². The van der Waals surface area contributed by atoms with Crippen molar-refractivity contribution in [1.29, 1.82) is 5.26 Å². The smallest absolute Gasteiger partial charge is 0.253 e. The number of amides is 2. The number of nitrogens with zero attached hydrogens (tertiary/aromatic N) is 1. The highest BCUT2D eigenvalue weighted by Gasteiger charge is 2.17. The Hall–Kier alpha value is -3.99. The third kappa shape index (κ3) is 5.26. The lowest BCUT2D eigenvalue weighted by Crippen LogP contribution is -2.28. The van der Waals surface area contributed by atoms with Crippen LogP contribution in [0.25, 0.3) is 21.9 Å². The quantitative estimate of drug-likeness (QED) is 0.372. The topological polar surface area (TPSA) is 108 Å². The molecule has 0 aliphatic rings. The molecule has 0 aliphatic heterocycles. The van der Waals surface area contributed by atoms with Crippen molar-refractivity contribution in [3.05, 3.63) is 94.2 Å². The molecule has 0 aliphatic carbocycles. The van der Waals surface area contributed by atoms with E-state index in [1.165, 1.54) is 11.3 Å². The maximum atomic E-state index is 13.0. The molecule has 0 fully saturated rings. The molecule has 4 N–H and O–H groups in total. The molecule has 6 nitrogen and oxygen atoms in total. The molecule has 164 valence electrons. The summed E-state index contributed by atoms with van der Waals surface area (Å²) < 4.78 is 0. The number of hydrogen-bond acceptors (Lipinski definition) is 5. The zero-order valence-corrected chi connectivity index (χ0v) is 18.6. The molecule has 4 rings (SSSR count). The van der Waals surface area contributed by atoms with Crippen molar-refractivity contribution >= 4 is 33.9 Å². The SMILES string of the molecule is N#CC(NC(=O)c1cccc2cc(-c3cccc(CNCC(N)=O)c3)ccc12)c1cccs1. The lowest BCUT2D eigenvalue weighted by Gasteiger charge is -2.13. The van der Waals surface area contributed by atoms with E-state index in [2.05, 4.69) is 22.8 Å². The second-order valence-electron chi connectivity index (χ2n) is 7.56. The number of nitriles is 1. The Morgan fingerprint density at radius 3 is 2.58 bits per heavy atom. The fraction of sp³-hybridized carbons (Fsp3) is 0.115. The van der Waals surface area contributed by atoms with Crippen LogP contribution in [-0.4, -0.2) is 18.4 Å². The highest BCUT2D eigenvalue weighted by molar-refractivity contribution is 7.10. The fourth-order valence-electron chi connectivity index (χ4n) is 3.68. The first-order chi connectivity index (χ1) is 16.0. The predicted molar refractivity (Wildman–Crippen MR) is 130 cm³/mol. The van der Waals surface area contributed by atoms with Gasteiger partial charge in [-0.2, -0.15) is 5.26 Å². The molecule has 4 aromatic rings. The second kappa shape index (κ2) is 10.1. The zero-order valence-electron chi connectivity index (χ0n) is 17.7. The molecule has 0 radical (unpaired) electrons. The summed E-state index contributed by atoms with van der Waals surface area (Å²) in [5.41, 5.74) is 8.80. The lowest BCUT2D eigenvalue weighted by molar-refractivity contribution is -0.117. The van der Waals surface area contributed by atoms with Gasteiger partial charge in [-0.05, 0) is 57.1 Å². The van der Waals surface area contributed by atoms with E-state index in [-0.39, 0.29) is 12.5 Å². The first-order valence-corrected chi connectivity index (χ1v) is 11.3. The number of nitrogens with one attached hydrogen (secondary N) is 2. The Bertz CT molecular complexity index is 1340. The number of nitrogens with two attached hydrogens (primary N) is 1. The van der Waals surface area contributed by atoms with E-state index in [9.17, 15) is 14.9 Å². The van der Waals surface area contributed by atoms with Gasteiger partial charge in [-0.3, -0.25) is 9.59 Å². The van der Waals surface area contributed by atoms with Gasteiger partial charge in [-0.1, -0.05) is 48.5 Å². The number of benzene rings is 3. The van der Waals surface area contributed by atoms with Crippen LogP contribution in [0.5, 0.6) is 0 Å². The standard InChI is InChI=1S/C26H22N4O2S/c27-14-23(24-8-3-11-33-24)30-26(32)22-7-2-6-20-13-19(9-10-21(20)22)18-5-1-4-17(12-18)15-29-16-25(28)31/h1-13,23,29H,15-16H2,(H2,28,31)(H,30,32). The Kier molecular flexibility index (Phi) is 6.79. The van der Waals surface area contributed by atoms with Crippen molar-refractivity contribution < 1.29 is 9.59 Å². The molecular weight excluding hydrogens is 432 g/mol. The number of rotatable bonds is 8. The normalized spacial score (nSPS) is 11.6. The van der Waals surface area contributed by atoms with Gasteiger partial charge in [0.15, 0.2) is 6.04 Å². The molecule has 0 saturated carbocycles. The average Bonchev–Trinajstić information content (AvgIpc) is 3.36. The highest BCUT2D eigenvalue weighted by Crippen LogP contribution is 2.28. The number of primary amides is 1. The van der Waals surface area contributed by atoms with E-state index in [0.29, 0.717) is 12.1 Å². The number of hydrogen-bond donors (Lipinski definition) is 3. The number of thiophene rings is 1. The maximum Gasteiger partial charge on any atom is 0.253 e. The van der Waals surface area contributed by atoms with Gasteiger partial charge in [0.1, 0.15) is 0 Å². The van der Waals surface area contributed by atoms with Crippen molar-refractivity contribution in [1.82, 2.24) is 10.6 Å². The first-order valence-electron chi connectivity index (χ1n) is 10.4. The Balaban J connectivity index is 1.58. The first kappa shape index (κ1) is 22.2. The lowest BCUT2D eigenvalue weighted by atomic mass is 9.97. The zero-order chi connectivity index (χ0) is 23.2. The van der Waals surface area contributed by atoms with Crippen LogP contribution in [0, 0.1) is 11.3 Å². The number of carbonyl (C=O) groups is 2. The van der Waals surface area contributed by atoms with Crippen LogP contribution in [-0.2, 0) is 11.3 Å². The molecule has 0 spiro atoms. The molecule has 2 amide bonds. The Morgan fingerprint density at radius 1 is 1.00 bits per heavy atom. The minimum absolute atomic E-state index is 0.129. The maximum absolute atomic E-state index is 13.0. The summed E-state index contributed by atoms with van der Waals surface area (Å²) in [6, 6.07) is 24.8. The average molecular weight is 455 g/mol. The summed E-state index contributed by atoms with van der Waals surface area (Å²) in [5, 5.41) is 19.0. The minimum Gasteiger partial charge on any atom is -0.369 e. The minimum atomic E-state index is -0.682. The van der Waals surface area contributed by atoms with Gasteiger partial charge in [-0.15, -0.1) is 11.3 Å². The van der Waals surface area contributed by atoms with Crippen LogP contribution in [0.1, 0.15) is 26.8 Å². The Labute approximate surface area is 195 Å². The van der Waals surface area contributed by atoms with Crippen LogP contribution < -0.4 is 16.4 Å². The largest absolute Gasteiger partial charge is 0.369 e. The molecule has 1 heterocycles. The van der Waals surface area contributed by atoms with Crippen molar-refractivity contribution in [2.75, 3.05) is 6.54 Å². The van der Waals surface area contributed by atoms with Crippen molar-refractivity contribution in [3.8, 4) is 17.2 Å². The summed E-state index contributed by atoms with van der Waals surface area (Å²) in [6.07, 6.45) is 0. The molecule has 1 atom stereocenters. The summed E-state index contributed by atoms with van der Waals surface area (Å²) >= 11 is 1.44. The highest BCUT2D eigenvalue weighted by atomic mass is 32.1. The van der Waals surface area contributed by atoms with E-state index in [1.807, 2.05) is 66.0 Å². The van der Waals surface area contributed by atoms with E-state index in [4.69, 9.17) is 5.73 Å². The van der Waals surface area contributed by atoms with Crippen LogP contribution in [0.3, 0.4) is 0 Å². The van der Waals surface area contributed by atoms with E-state index >= 15 is 0 Å².